The normalized spacial score (nSPS) is 12.3. The fourth-order valence-corrected chi connectivity index (χ4v) is 2.48. The third-order valence-electron chi connectivity index (χ3n) is 3.72. The molecule has 0 aliphatic heterocycles. The number of hydrogen-bond acceptors (Lipinski definition) is 2. The van der Waals surface area contributed by atoms with Gasteiger partial charge in [-0.15, -0.1) is 0 Å². The Bertz CT molecular complexity index is 821. The first-order valence-corrected chi connectivity index (χ1v) is 7.06. The standard InChI is InChI=1S/C16H19N3O2/c1-16(2,3)10-4-6-13-12(8-10)18-15-17-11(9-19(13)15)5-7-14(20)21/h4,6,8-9H,5,7H2,1-3H3,(H,17,18)(H,20,21). The summed E-state index contributed by atoms with van der Waals surface area (Å²) in [5.41, 5.74) is 4.23. The molecule has 0 spiro atoms. The van der Waals surface area contributed by atoms with E-state index in [0.29, 0.717) is 6.42 Å². The molecule has 0 unspecified atom stereocenters. The number of nitrogens with zero attached hydrogens (tertiary/aromatic N) is 2. The van der Waals surface area contributed by atoms with Crippen LogP contribution in [0.5, 0.6) is 0 Å². The van der Waals surface area contributed by atoms with Crippen molar-refractivity contribution in [2.75, 3.05) is 0 Å². The van der Waals surface area contributed by atoms with E-state index in [0.717, 1.165) is 22.5 Å². The number of imidazole rings is 2. The van der Waals surface area contributed by atoms with Gasteiger partial charge in [0.05, 0.1) is 17.5 Å². The second-order valence-corrected chi connectivity index (χ2v) is 6.43. The summed E-state index contributed by atoms with van der Waals surface area (Å²) in [4.78, 5) is 18.4. The van der Waals surface area contributed by atoms with Gasteiger partial charge in [0.25, 0.3) is 0 Å². The highest BCUT2D eigenvalue weighted by Crippen LogP contribution is 2.26. The van der Waals surface area contributed by atoms with Crippen molar-refractivity contribution < 1.29 is 9.90 Å². The van der Waals surface area contributed by atoms with E-state index >= 15 is 0 Å². The molecule has 2 aromatic heterocycles. The molecule has 110 valence electrons. The van der Waals surface area contributed by atoms with Crippen LogP contribution in [0.1, 0.15) is 38.4 Å². The zero-order valence-electron chi connectivity index (χ0n) is 12.5. The molecule has 0 saturated heterocycles. The molecule has 0 aliphatic carbocycles. The molecule has 5 nitrogen and oxygen atoms in total. The van der Waals surface area contributed by atoms with Gasteiger partial charge in [-0.3, -0.25) is 9.20 Å². The van der Waals surface area contributed by atoms with Crippen molar-refractivity contribution in [1.29, 1.82) is 0 Å². The largest absolute Gasteiger partial charge is 0.481 e. The molecule has 5 heteroatoms. The Kier molecular flexibility index (Phi) is 3.01. The van der Waals surface area contributed by atoms with Gasteiger partial charge in [0.1, 0.15) is 0 Å². The second kappa shape index (κ2) is 4.62. The van der Waals surface area contributed by atoms with Gasteiger partial charge in [-0.2, -0.15) is 0 Å². The van der Waals surface area contributed by atoms with Crippen LogP contribution in [0.3, 0.4) is 0 Å². The van der Waals surface area contributed by atoms with Crippen LogP contribution in [0.2, 0.25) is 0 Å². The molecule has 0 saturated carbocycles. The van der Waals surface area contributed by atoms with E-state index in [1.165, 1.54) is 5.56 Å². The number of rotatable bonds is 3. The van der Waals surface area contributed by atoms with Crippen molar-refractivity contribution in [3.05, 3.63) is 35.7 Å². The first-order valence-electron chi connectivity index (χ1n) is 7.06. The van der Waals surface area contributed by atoms with Crippen molar-refractivity contribution in [3.8, 4) is 0 Å². The van der Waals surface area contributed by atoms with Gasteiger partial charge in [0, 0.05) is 11.9 Å². The highest BCUT2D eigenvalue weighted by molar-refractivity contribution is 5.80. The van der Waals surface area contributed by atoms with E-state index in [1.54, 1.807) is 0 Å². The van der Waals surface area contributed by atoms with Gasteiger partial charge in [-0.1, -0.05) is 26.8 Å². The van der Waals surface area contributed by atoms with Crippen molar-refractivity contribution in [2.24, 2.45) is 0 Å². The third-order valence-corrected chi connectivity index (χ3v) is 3.72. The van der Waals surface area contributed by atoms with Crippen molar-refractivity contribution in [2.45, 2.75) is 39.0 Å². The lowest BCUT2D eigenvalue weighted by Gasteiger charge is -2.18. The number of nitrogens with one attached hydrogen (secondary N) is 1. The summed E-state index contributed by atoms with van der Waals surface area (Å²) in [6.07, 6.45) is 2.54. The van der Waals surface area contributed by atoms with Crippen LogP contribution in [-0.4, -0.2) is 25.4 Å². The predicted octanol–water partition coefficient (Wildman–Crippen LogP) is 3.13. The fourth-order valence-electron chi connectivity index (χ4n) is 2.48. The summed E-state index contributed by atoms with van der Waals surface area (Å²) in [5.74, 6) is -0.0293. The van der Waals surface area contributed by atoms with Gasteiger partial charge < -0.3 is 10.1 Å². The molecule has 0 atom stereocenters. The number of benzene rings is 1. The summed E-state index contributed by atoms with van der Waals surface area (Å²) >= 11 is 0. The van der Waals surface area contributed by atoms with Gasteiger partial charge >= 0.3 is 5.97 Å². The highest BCUT2D eigenvalue weighted by Gasteiger charge is 2.16. The Balaban J connectivity index is 2.03. The van der Waals surface area contributed by atoms with E-state index < -0.39 is 5.97 Å². The number of H-pyrrole nitrogens is 1. The molecule has 0 amide bonds. The average Bonchev–Trinajstić information content (AvgIpc) is 2.91. The summed E-state index contributed by atoms with van der Waals surface area (Å²) in [5, 5.41) is 8.74. The smallest absolute Gasteiger partial charge is 0.303 e. The number of carboxylic acids is 1. The van der Waals surface area contributed by atoms with Crippen LogP contribution in [-0.2, 0) is 16.6 Å². The molecule has 1 aromatic carbocycles. The molecule has 3 rings (SSSR count). The monoisotopic (exact) mass is 285 g/mol. The van der Waals surface area contributed by atoms with Crippen LogP contribution in [0.25, 0.3) is 16.8 Å². The molecular weight excluding hydrogens is 266 g/mol. The number of fused-ring (bicyclic) bond motifs is 3. The average molecular weight is 285 g/mol. The predicted molar refractivity (Wildman–Crippen MR) is 81.7 cm³/mol. The minimum absolute atomic E-state index is 0.0954. The van der Waals surface area contributed by atoms with E-state index in [9.17, 15) is 4.79 Å². The van der Waals surface area contributed by atoms with Crippen LogP contribution in [0.15, 0.2) is 24.4 Å². The van der Waals surface area contributed by atoms with E-state index in [-0.39, 0.29) is 11.8 Å². The number of aliphatic carboxylic acids is 1. The summed E-state index contributed by atoms with van der Waals surface area (Å²) in [6.45, 7) is 6.54. The highest BCUT2D eigenvalue weighted by atomic mass is 16.4. The molecule has 0 aliphatic rings. The number of carbonyl (C=O) groups is 1. The molecule has 21 heavy (non-hydrogen) atoms. The molecule has 2 heterocycles. The number of aromatic nitrogens is 3. The maximum absolute atomic E-state index is 10.6. The van der Waals surface area contributed by atoms with Crippen LogP contribution in [0.4, 0.5) is 0 Å². The lowest BCUT2D eigenvalue weighted by atomic mass is 9.87. The van der Waals surface area contributed by atoms with Crippen LogP contribution >= 0.6 is 0 Å². The topological polar surface area (TPSA) is 70.4 Å². The Labute approximate surface area is 122 Å². The Morgan fingerprint density at radius 1 is 1.38 bits per heavy atom. The lowest BCUT2D eigenvalue weighted by molar-refractivity contribution is -0.136. The Morgan fingerprint density at radius 3 is 2.81 bits per heavy atom. The zero-order chi connectivity index (χ0) is 15.2. The molecular formula is C16H19N3O2. The van der Waals surface area contributed by atoms with Crippen molar-refractivity contribution in [1.82, 2.24) is 14.4 Å². The lowest BCUT2D eigenvalue weighted by Crippen LogP contribution is -2.10. The fraction of sp³-hybridized carbons (Fsp3) is 0.375. The van der Waals surface area contributed by atoms with Crippen LogP contribution < -0.4 is 0 Å². The molecule has 0 fully saturated rings. The molecule has 0 bridgehead atoms. The quantitative estimate of drug-likeness (QED) is 0.776. The summed E-state index contributed by atoms with van der Waals surface area (Å²) in [6, 6.07) is 6.32. The Hall–Kier alpha value is -2.30. The minimum Gasteiger partial charge on any atom is -0.481 e. The summed E-state index contributed by atoms with van der Waals surface area (Å²) < 4.78 is 1.99. The van der Waals surface area contributed by atoms with Crippen molar-refractivity contribution >= 4 is 22.8 Å². The van der Waals surface area contributed by atoms with Gasteiger partial charge in [-0.05, 0) is 29.5 Å². The zero-order valence-corrected chi connectivity index (χ0v) is 12.5. The number of carboxylic acid groups (broad SMARTS) is 1. The van der Waals surface area contributed by atoms with Gasteiger partial charge in [-0.25, -0.2) is 4.98 Å². The maximum Gasteiger partial charge on any atom is 0.303 e. The molecule has 2 N–H and O–H groups in total. The number of aryl methyl sites for hydroxylation is 1. The SMILES string of the molecule is CC(C)(C)c1ccc2c(c1)nc1[nH]c(CCC(=O)O)cn12. The molecule has 3 aromatic rings. The number of hydrogen-bond donors (Lipinski definition) is 2. The van der Waals surface area contributed by atoms with Crippen LogP contribution in [0, 0.1) is 0 Å². The van der Waals surface area contributed by atoms with E-state index in [4.69, 9.17) is 5.11 Å². The maximum atomic E-state index is 10.6. The third kappa shape index (κ3) is 2.51. The van der Waals surface area contributed by atoms with E-state index in [1.807, 2.05) is 10.6 Å². The second-order valence-electron chi connectivity index (χ2n) is 6.43. The minimum atomic E-state index is -0.790. The van der Waals surface area contributed by atoms with Crippen molar-refractivity contribution in [3.63, 3.8) is 0 Å². The first-order chi connectivity index (χ1) is 9.84. The van der Waals surface area contributed by atoms with Gasteiger partial charge in [0.2, 0.25) is 5.78 Å². The van der Waals surface area contributed by atoms with E-state index in [2.05, 4.69) is 48.9 Å². The number of aromatic amines is 1. The first kappa shape index (κ1) is 13.7. The Morgan fingerprint density at radius 2 is 2.14 bits per heavy atom. The van der Waals surface area contributed by atoms with Gasteiger partial charge in [0.15, 0.2) is 0 Å². The molecule has 0 radical (unpaired) electrons. The summed E-state index contributed by atoms with van der Waals surface area (Å²) in [7, 11) is 0.